The van der Waals surface area contributed by atoms with Gasteiger partial charge in [0.15, 0.2) is 0 Å². The fourth-order valence-electron chi connectivity index (χ4n) is 1.15. The Balaban J connectivity index is 2.07. The molecule has 0 radical (unpaired) electrons. The molecule has 0 bridgehead atoms. The molecule has 0 aromatic heterocycles. The van der Waals surface area contributed by atoms with Crippen LogP contribution >= 0.6 is 0 Å². The zero-order valence-corrected chi connectivity index (χ0v) is 9.48. The lowest BCUT2D eigenvalue weighted by atomic mass is 10.3. The number of carbonyl (C=O) groups excluding carboxylic acids is 1. The predicted molar refractivity (Wildman–Crippen MR) is 63.2 cm³/mol. The molecule has 4 heteroatoms. The van der Waals surface area contributed by atoms with Crippen LogP contribution in [0.1, 0.15) is 13.3 Å². The summed E-state index contributed by atoms with van der Waals surface area (Å²) in [4.78, 5) is 11.1. The molecule has 16 heavy (non-hydrogen) atoms. The van der Waals surface area contributed by atoms with Gasteiger partial charge in [-0.05, 0) is 25.5 Å². The minimum atomic E-state index is -0.449. The van der Waals surface area contributed by atoms with Crippen molar-refractivity contribution in [3.63, 3.8) is 0 Å². The van der Waals surface area contributed by atoms with Crippen molar-refractivity contribution in [3.05, 3.63) is 30.3 Å². The van der Waals surface area contributed by atoms with Crippen LogP contribution in [-0.4, -0.2) is 25.1 Å². The molecule has 0 saturated heterocycles. The number of rotatable bonds is 6. The molecule has 0 fully saturated rings. The minimum Gasteiger partial charge on any atom is -0.494 e. The van der Waals surface area contributed by atoms with Crippen molar-refractivity contribution in [2.24, 2.45) is 5.73 Å². The first-order chi connectivity index (χ1) is 7.70. The monoisotopic (exact) mass is 222 g/mol. The fourth-order valence-corrected chi connectivity index (χ4v) is 1.15. The van der Waals surface area contributed by atoms with Crippen LogP contribution in [0.4, 0.5) is 0 Å². The van der Waals surface area contributed by atoms with Crippen LogP contribution in [0.2, 0.25) is 0 Å². The molecule has 1 amide bonds. The number of benzene rings is 1. The minimum absolute atomic E-state index is 0.125. The van der Waals surface area contributed by atoms with E-state index in [1.165, 1.54) is 0 Å². The van der Waals surface area contributed by atoms with Gasteiger partial charge in [-0.25, -0.2) is 0 Å². The molecule has 4 nitrogen and oxygen atoms in total. The first-order valence-corrected chi connectivity index (χ1v) is 5.41. The molecule has 0 aliphatic carbocycles. The largest absolute Gasteiger partial charge is 0.494 e. The van der Waals surface area contributed by atoms with E-state index < -0.39 is 6.04 Å². The second-order valence-electron chi connectivity index (χ2n) is 3.59. The van der Waals surface area contributed by atoms with E-state index in [9.17, 15) is 4.79 Å². The third-order valence-corrected chi connectivity index (χ3v) is 2.05. The number of nitrogens with two attached hydrogens (primary N) is 1. The maximum atomic E-state index is 11.1. The van der Waals surface area contributed by atoms with Crippen molar-refractivity contribution in [2.45, 2.75) is 19.4 Å². The molecule has 0 spiro atoms. The topological polar surface area (TPSA) is 64.4 Å². The van der Waals surface area contributed by atoms with E-state index in [-0.39, 0.29) is 5.91 Å². The number of carbonyl (C=O) groups is 1. The van der Waals surface area contributed by atoms with Gasteiger partial charge in [-0.1, -0.05) is 18.2 Å². The van der Waals surface area contributed by atoms with Crippen molar-refractivity contribution in [2.75, 3.05) is 13.2 Å². The number of ether oxygens (including phenoxy) is 1. The van der Waals surface area contributed by atoms with Crippen LogP contribution < -0.4 is 15.8 Å². The first kappa shape index (κ1) is 12.5. The Morgan fingerprint density at radius 3 is 2.75 bits per heavy atom. The summed E-state index contributed by atoms with van der Waals surface area (Å²) in [5.41, 5.74) is 5.40. The van der Waals surface area contributed by atoms with Crippen molar-refractivity contribution < 1.29 is 9.53 Å². The van der Waals surface area contributed by atoms with E-state index >= 15 is 0 Å². The Bertz CT molecular complexity index is 312. The number of hydrogen-bond donors (Lipinski definition) is 2. The number of nitrogens with one attached hydrogen (secondary N) is 1. The number of amides is 1. The Hall–Kier alpha value is -1.55. The molecule has 1 aromatic rings. The molecule has 0 unspecified atom stereocenters. The summed E-state index contributed by atoms with van der Waals surface area (Å²) in [6, 6.07) is 9.15. The summed E-state index contributed by atoms with van der Waals surface area (Å²) >= 11 is 0. The van der Waals surface area contributed by atoms with Crippen molar-refractivity contribution in [3.8, 4) is 5.75 Å². The SMILES string of the molecule is C[C@H](N)C(=O)NCCCOc1ccccc1. The standard InChI is InChI=1S/C12H18N2O2/c1-10(13)12(15)14-8-5-9-16-11-6-3-2-4-7-11/h2-4,6-7,10H,5,8-9,13H2,1H3,(H,14,15)/t10-/m0/s1. The lowest BCUT2D eigenvalue weighted by Gasteiger charge is -2.08. The molecule has 1 aromatic carbocycles. The highest BCUT2D eigenvalue weighted by atomic mass is 16.5. The molecular weight excluding hydrogens is 204 g/mol. The maximum absolute atomic E-state index is 11.1. The molecular formula is C12H18N2O2. The lowest BCUT2D eigenvalue weighted by Crippen LogP contribution is -2.38. The molecule has 3 N–H and O–H groups in total. The normalized spacial score (nSPS) is 11.9. The number of hydrogen-bond acceptors (Lipinski definition) is 3. The summed E-state index contributed by atoms with van der Waals surface area (Å²) in [6.45, 7) is 2.84. The summed E-state index contributed by atoms with van der Waals surface area (Å²) in [5, 5.41) is 2.72. The van der Waals surface area contributed by atoms with Gasteiger partial charge in [0.25, 0.3) is 0 Å². The van der Waals surface area contributed by atoms with Crippen LogP contribution in [0.15, 0.2) is 30.3 Å². The molecule has 0 heterocycles. The summed E-state index contributed by atoms with van der Waals surface area (Å²) in [6.07, 6.45) is 0.771. The van der Waals surface area contributed by atoms with E-state index in [2.05, 4.69) is 5.32 Å². The predicted octanol–water partition coefficient (Wildman–Crippen LogP) is 0.919. The third kappa shape index (κ3) is 4.79. The Labute approximate surface area is 95.8 Å². The van der Waals surface area contributed by atoms with Gasteiger partial charge in [-0.3, -0.25) is 4.79 Å². The van der Waals surface area contributed by atoms with Gasteiger partial charge in [0, 0.05) is 6.54 Å². The van der Waals surface area contributed by atoms with Crippen molar-refractivity contribution in [1.82, 2.24) is 5.32 Å². The summed E-state index contributed by atoms with van der Waals surface area (Å²) in [5.74, 6) is 0.723. The van der Waals surface area contributed by atoms with Crippen LogP contribution in [0.3, 0.4) is 0 Å². The molecule has 1 rings (SSSR count). The highest BCUT2D eigenvalue weighted by Gasteiger charge is 2.04. The van der Waals surface area contributed by atoms with Crippen LogP contribution in [0, 0.1) is 0 Å². The quantitative estimate of drug-likeness (QED) is 0.703. The van der Waals surface area contributed by atoms with Crippen LogP contribution in [-0.2, 0) is 4.79 Å². The van der Waals surface area contributed by atoms with Gasteiger partial charge in [0.2, 0.25) is 5.91 Å². The van der Waals surface area contributed by atoms with Gasteiger partial charge in [0.1, 0.15) is 5.75 Å². The average Bonchev–Trinajstić information content (AvgIpc) is 2.29. The maximum Gasteiger partial charge on any atom is 0.236 e. The highest BCUT2D eigenvalue weighted by molar-refractivity contribution is 5.80. The second kappa shape index (κ2) is 6.85. The Kier molecular flexibility index (Phi) is 5.36. The van der Waals surface area contributed by atoms with Crippen molar-refractivity contribution >= 4 is 5.91 Å². The van der Waals surface area contributed by atoms with E-state index in [0.717, 1.165) is 12.2 Å². The second-order valence-corrected chi connectivity index (χ2v) is 3.59. The lowest BCUT2D eigenvalue weighted by molar-refractivity contribution is -0.121. The average molecular weight is 222 g/mol. The highest BCUT2D eigenvalue weighted by Crippen LogP contribution is 2.07. The van der Waals surface area contributed by atoms with Gasteiger partial charge in [0.05, 0.1) is 12.6 Å². The summed E-state index contributed by atoms with van der Waals surface area (Å²) in [7, 11) is 0. The van der Waals surface area contributed by atoms with E-state index in [1.807, 2.05) is 30.3 Å². The fraction of sp³-hybridized carbons (Fsp3) is 0.417. The smallest absolute Gasteiger partial charge is 0.236 e. The van der Waals surface area contributed by atoms with E-state index in [0.29, 0.717) is 13.2 Å². The molecule has 0 saturated carbocycles. The molecule has 0 aliphatic rings. The van der Waals surface area contributed by atoms with Crippen molar-refractivity contribution in [1.29, 1.82) is 0 Å². The molecule has 0 aliphatic heterocycles. The van der Waals surface area contributed by atoms with Gasteiger partial charge < -0.3 is 15.8 Å². The van der Waals surface area contributed by atoms with Gasteiger partial charge in [-0.2, -0.15) is 0 Å². The third-order valence-electron chi connectivity index (χ3n) is 2.05. The Morgan fingerprint density at radius 1 is 1.44 bits per heavy atom. The summed E-state index contributed by atoms with van der Waals surface area (Å²) < 4.78 is 5.47. The Morgan fingerprint density at radius 2 is 2.12 bits per heavy atom. The van der Waals surface area contributed by atoms with Crippen LogP contribution in [0.25, 0.3) is 0 Å². The molecule has 1 atom stereocenters. The number of para-hydroxylation sites is 1. The van der Waals surface area contributed by atoms with E-state index in [4.69, 9.17) is 10.5 Å². The zero-order valence-electron chi connectivity index (χ0n) is 9.48. The van der Waals surface area contributed by atoms with Gasteiger partial charge in [-0.15, -0.1) is 0 Å². The van der Waals surface area contributed by atoms with E-state index in [1.54, 1.807) is 6.92 Å². The molecule has 88 valence electrons. The van der Waals surface area contributed by atoms with Gasteiger partial charge >= 0.3 is 0 Å². The van der Waals surface area contributed by atoms with Crippen LogP contribution in [0.5, 0.6) is 5.75 Å². The first-order valence-electron chi connectivity index (χ1n) is 5.41. The zero-order chi connectivity index (χ0) is 11.8.